The Morgan fingerprint density at radius 2 is 1.69 bits per heavy atom. The number of carbonyl (C=O) groups excluding carboxylic acids is 1. The Morgan fingerprint density at radius 1 is 1.15 bits per heavy atom. The number of benzene rings is 1. The van der Waals surface area contributed by atoms with Crippen LogP contribution in [0.4, 0.5) is 4.79 Å². The predicted molar refractivity (Wildman–Crippen MR) is 106 cm³/mol. The maximum atomic E-state index is 12.1. The molecule has 0 heterocycles. The first-order valence-electron chi connectivity index (χ1n) is 8.53. The molecule has 1 amide bonds. The highest BCUT2D eigenvalue weighted by Gasteiger charge is 2.38. The zero-order chi connectivity index (χ0) is 20.2. The van der Waals surface area contributed by atoms with E-state index >= 15 is 0 Å². The predicted octanol–water partition coefficient (Wildman–Crippen LogP) is 3.61. The van der Waals surface area contributed by atoms with Gasteiger partial charge in [-0.3, -0.25) is 0 Å². The lowest BCUT2D eigenvalue weighted by Gasteiger charge is -2.28. The van der Waals surface area contributed by atoms with E-state index in [0.29, 0.717) is 5.57 Å². The number of rotatable bonds is 5. The Hall–Kier alpha value is -2.30. The van der Waals surface area contributed by atoms with Gasteiger partial charge in [-0.2, -0.15) is 0 Å². The van der Waals surface area contributed by atoms with Gasteiger partial charge in [0.25, 0.3) is 0 Å². The lowest BCUT2D eigenvalue weighted by atomic mass is 9.94. The van der Waals surface area contributed by atoms with Crippen LogP contribution < -0.4 is 10.5 Å². The van der Waals surface area contributed by atoms with Crippen LogP contribution in [0.15, 0.2) is 47.3 Å². The fraction of sp³-hybridized carbons (Fsp3) is 0.450. The Balaban J connectivity index is 3.17. The van der Waals surface area contributed by atoms with Gasteiger partial charge in [0.2, 0.25) is 0 Å². The largest absolute Gasteiger partial charge is 0.479 e. The minimum atomic E-state index is -1.93. The lowest BCUT2D eigenvalue weighted by molar-refractivity contribution is -0.142. The summed E-state index contributed by atoms with van der Waals surface area (Å²) in [7, 11) is -1.93. The lowest BCUT2D eigenvalue weighted by Crippen LogP contribution is -2.54. The van der Waals surface area contributed by atoms with Gasteiger partial charge in [-0.25, -0.2) is 9.59 Å². The summed E-state index contributed by atoms with van der Waals surface area (Å²) in [6.07, 6.45) is -0.775. The second-order valence-electron chi connectivity index (χ2n) is 8.06. The van der Waals surface area contributed by atoms with E-state index in [-0.39, 0.29) is 0 Å². The molecule has 1 aromatic rings. The average Bonchev–Trinajstić information content (AvgIpc) is 2.51. The van der Waals surface area contributed by atoms with Crippen molar-refractivity contribution < 1.29 is 19.4 Å². The fourth-order valence-corrected chi connectivity index (χ4v) is 3.99. The highest BCUT2D eigenvalue weighted by molar-refractivity contribution is 6.93. The molecule has 0 radical (unpaired) electrons. The molecule has 1 rings (SSSR count). The molecule has 0 spiro atoms. The molecule has 0 aliphatic heterocycles. The molecule has 0 fully saturated rings. The van der Waals surface area contributed by atoms with Crippen LogP contribution in [0.1, 0.15) is 34.6 Å². The van der Waals surface area contributed by atoms with Crippen molar-refractivity contribution in [1.29, 1.82) is 0 Å². The standard InChI is InChI=1S/C20H29NO4Si/c1-15(13-14-26(6,7)16-11-9-8-10-12-16)20(5,17(22)23)21-18(24)25-19(2,3)4/h8-12,14H,1-7H3,(H,21,24)(H,22,23)/t13?,20-/m0/s1. The van der Waals surface area contributed by atoms with Crippen molar-refractivity contribution in [2.24, 2.45) is 0 Å². The van der Waals surface area contributed by atoms with E-state index in [1.54, 1.807) is 27.7 Å². The normalized spacial score (nSPS) is 13.8. The number of carboxylic acids is 1. The van der Waals surface area contributed by atoms with E-state index in [0.717, 1.165) is 0 Å². The van der Waals surface area contributed by atoms with Gasteiger partial charge >= 0.3 is 12.1 Å². The number of nitrogens with one attached hydrogen (secondary N) is 1. The monoisotopic (exact) mass is 375 g/mol. The highest BCUT2D eigenvalue weighted by Crippen LogP contribution is 2.18. The number of ether oxygens (including phenoxy) is 1. The summed E-state index contributed by atoms with van der Waals surface area (Å²) >= 11 is 0. The number of carboxylic acid groups (broad SMARTS) is 1. The number of amides is 1. The van der Waals surface area contributed by atoms with Gasteiger partial charge in [-0.1, -0.05) is 48.6 Å². The van der Waals surface area contributed by atoms with Crippen molar-refractivity contribution in [3.05, 3.63) is 47.3 Å². The molecular weight excluding hydrogens is 346 g/mol. The summed E-state index contributed by atoms with van der Waals surface area (Å²) in [5, 5.41) is 13.3. The van der Waals surface area contributed by atoms with Gasteiger partial charge in [-0.05, 0) is 40.3 Å². The molecule has 26 heavy (non-hydrogen) atoms. The van der Waals surface area contributed by atoms with E-state index < -0.39 is 31.3 Å². The fourth-order valence-electron chi connectivity index (χ4n) is 2.20. The molecule has 1 atom stereocenters. The Morgan fingerprint density at radius 3 is 2.15 bits per heavy atom. The van der Waals surface area contributed by atoms with Crippen LogP contribution in [0.5, 0.6) is 0 Å². The van der Waals surface area contributed by atoms with Gasteiger partial charge in [0.05, 0.1) is 0 Å². The molecule has 0 saturated heterocycles. The molecule has 0 aromatic heterocycles. The summed E-state index contributed by atoms with van der Waals surface area (Å²) in [4.78, 5) is 23.9. The number of alkyl carbamates (subject to hydrolysis) is 1. The Bertz CT molecular complexity index is 728. The van der Waals surface area contributed by atoms with E-state index in [1.807, 2.05) is 23.9 Å². The average molecular weight is 376 g/mol. The van der Waals surface area contributed by atoms with Crippen molar-refractivity contribution in [3.63, 3.8) is 0 Å². The molecule has 0 aliphatic rings. The van der Waals surface area contributed by atoms with E-state index in [9.17, 15) is 14.7 Å². The van der Waals surface area contributed by atoms with Crippen molar-refractivity contribution in [1.82, 2.24) is 5.32 Å². The minimum Gasteiger partial charge on any atom is -0.479 e. The summed E-state index contributed by atoms with van der Waals surface area (Å²) in [6.45, 7) is 12.6. The van der Waals surface area contributed by atoms with E-state index in [2.05, 4.69) is 36.3 Å². The molecule has 142 valence electrons. The molecule has 0 unspecified atom stereocenters. The SMILES string of the molecule is CC(=C=C[Si](C)(C)c1ccccc1)[C@](C)(NC(=O)OC(C)(C)C)C(=O)O. The minimum absolute atomic E-state index is 0.410. The molecule has 6 heteroatoms. The van der Waals surface area contributed by atoms with Gasteiger partial charge in [0.1, 0.15) is 13.7 Å². The Labute approximate surface area is 156 Å². The van der Waals surface area contributed by atoms with Gasteiger partial charge in [-0.15, -0.1) is 5.73 Å². The van der Waals surface area contributed by atoms with Crippen molar-refractivity contribution in [2.75, 3.05) is 0 Å². The molecule has 0 saturated carbocycles. The zero-order valence-corrected chi connectivity index (χ0v) is 17.6. The number of aliphatic carboxylic acids is 1. The second kappa shape index (κ2) is 7.93. The first-order chi connectivity index (χ1) is 11.8. The van der Waals surface area contributed by atoms with Crippen LogP contribution in [0, 0.1) is 0 Å². The third-order valence-corrected chi connectivity index (χ3v) is 6.78. The van der Waals surface area contributed by atoms with Gasteiger partial charge in [0, 0.05) is 5.57 Å². The van der Waals surface area contributed by atoms with Crippen LogP contribution in [0.25, 0.3) is 0 Å². The topological polar surface area (TPSA) is 75.6 Å². The molecule has 0 bridgehead atoms. The molecular formula is C20H29NO4Si. The molecule has 5 nitrogen and oxygen atoms in total. The summed E-state index contributed by atoms with van der Waals surface area (Å²) in [5.74, 6) is -1.17. The van der Waals surface area contributed by atoms with Gasteiger partial charge < -0.3 is 15.2 Å². The summed E-state index contributed by atoms with van der Waals surface area (Å²) in [6, 6.07) is 10.1. The van der Waals surface area contributed by atoms with E-state index in [1.165, 1.54) is 12.1 Å². The van der Waals surface area contributed by atoms with Crippen LogP contribution in [0.2, 0.25) is 13.1 Å². The molecule has 2 N–H and O–H groups in total. The third-order valence-electron chi connectivity index (χ3n) is 4.10. The molecule has 1 aromatic carbocycles. The highest BCUT2D eigenvalue weighted by atomic mass is 28.3. The maximum Gasteiger partial charge on any atom is 0.408 e. The number of hydrogen-bond acceptors (Lipinski definition) is 3. The number of carbonyl (C=O) groups is 2. The van der Waals surface area contributed by atoms with Crippen LogP contribution in [-0.4, -0.2) is 36.4 Å². The third kappa shape index (κ3) is 5.90. The van der Waals surface area contributed by atoms with Crippen LogP contribution >= 0.6 is 0 Å². The van der Waals surface area contributed by atoms with Crippen molar-refractivity contribution in [2.45, 2.75) is 58.9 Å². The van der Waals surface area contributed by atoms with Crippen LogP contribution in [0.3, 0.4) is 0 Å². The van der Waals surface area contributed by atoms with Crippen molar-refractivity contribution in [3.8, 4) is 0 Å². The number of hydrogen-bond donors (Lipinski definition) is 2. The second-order valence-corrected chi connectivity index (χ2v) is 12.4. The van der Waals surface area contributed by atoms with Crippen LogP contribution in [-0.2, 0) is 9.53 Å². The maximum absolute atomic E-state index is 12.1. The zero-order valence-electron chi connectivity index (χ0n) is 16.6. The molecule has 0 aliphatic carbocycles. The smallest absolute Gasteiger partial charge is 0.408 e. The quantitative estimate of drug-likeness (QED) is 0.609. The first-order valence-corrected chi connectivity index (χ1v) is 11.6. The summed E-state index contributed by atoms with van der Waals surface area (Å²) < 4.78 is 5.19. The summed E-state index contributed by atoms with van der Waals surface area (Å²) in [5.41, 5.74) is 3.17. The van der Waals surface area contributed by atoms with E-state index in [4.69, 9.17) is 4.74 Å². The van der Waals surface area contributed by atoms with Gasteiger partial charge in [0.15, 0.2) is 5.54 Å². The van der Waals surface area contributed by atoms with Crippen molar-refractivity contribution >= 4 is 25.3 Å². The Kier molecular flexibility index (Phi) is 6.63. The first kappa shape index (κ1) is 21.7.